The Morgan fingerprint density at radius 3 is 2.62 bits per heavy atom. The molecule has 1 aliphatic heterocycles. The van der Waals surface area contributed by atoms with Crippen LogP contribution < -0.4 is 0 Å². The Morgan fingerprint density at radius 1 is 1.38 bits per heavy atom. The highest BCUT2D eigenvalue weighted by molar-refractivity contribution is 4.92. The average molecular weight is 180 g/mol. The van der Waals surface area contributed by atoms with E-state index in [0.717, 1.165) is 0 Å². The van der Waals surface area contributed by atoms with Crippen molar-refractivity contribution >= 4 is 0 Å². The summed E-state index contributed by atoms with van der Waals surface area (Å²) in [6.07, 6.45) is 4.22. The number of hydrogen-bond donors (Lipinski definition) is 0. The molecule has 0 saturated carbocycles. The van der Waals surface area contributed by atoms with Gasteiger partial charge in [0.2, 0.25) is 0 Å². The van der Waals surface area contributed by atoms with Gasteiger partial charge in [0, 0.05) is 0 Å². The predicted octanol–water partition coefficient (Wildman–Crippen LogP) is 0.853. The summed E-state index contributed by atoms with van der Waals surface area (Å²) in [6.45, 7) is 4.41. The van der Waals surface area contributed by atoms with E-state index in [9.17, 15) is 0 Å². The fourth-order valence-electron chi connectivity index (χ4n) is 1.90. The lowest BCUT2D eigenvalue weighted by Crippen LogP contribution is -2.32. The topological polar surface area (TPSA) is 34.0 Å². The highest BCUT2D eigenvalue weighted by Gasteiger charge is 2.19. The Hall–Kier alpha value is -0.900. The zero-order chi connectivity index (χ0) is 9.26. The van der Waals surface area contributed by atoms with Gasteiger partial charge in [-0.1, -0.05) is 5.21 Å². The van der Waals surface area contributed by atoms with Gasteiger partial charge in [-0.15, -0.1) is 5.10 Å². The summed E-state index contributed by atoms with van der Waals surface area (Å²) in [6, 6.07) is 0.568. The van der Waals surface area contributed by atoms with Gasteiger partial charge >= 0.3 is 0 Å². The van der Waals surface area contributed by atoms with Crippen LogP contribution >= 0.6 is 0 Å². The second-order valence-electron chi connectivity index (χ2n) is 3.85. The third-order valence-corrected chi connectivity index (χ3v) is 2.79. The van der Waals surface area contributed by atoms with Crippen molar-refractivity contribution in [2.24, 2.45) is 0 Å². The molecule has 1 aliphatic rings. The summed E-state index contributed by atoms with van der Waals surface area (Å²) < 4.78 is 2.06. The molecule has 0 N–H and O–H groups in total. The quantitative estimate of drug-likeness (QED) is 0.642. The molecule has 1 saturated heterocycles. The Morgan fingerprint density at radius 2 is 2.08 bits per heavy atom. The molecule has 4 heteroatoms. The molecular formula is C9H16N4. The first-order valence-corrected chi connectivity index (χ1v) is 4.82. The maximum atomic E-state index is 4.11. The molecule has 2 rings (SSSR count). The molecule has 0 atom stereocenters. The normalized spacial score (nSPS) is 20.8. The molecule has 72 valence electrons. The molecule has 0 aromatic carbocycles. The first-order valence-electron chi connectivity index (χ1n) is 4.82. The van der Waals surface area contributed by atoms with E-state index in [1.54, 1.807) is 0 Å². The monoisotopic (exact) mass is 180 g/mol. The molecule has 1 aromatic rings. The summed E-state index contributed by atoms with van der Waals surface area (Å²) in [5.74, 6) is 0. The van der Waals surface area contributed by atoms with E-state index in [1.807, 2.05) is 6.20 Å². The fourth-order valence-corrected chi connectivity index (χ4v) is 1.90. The van der Waals surface area contributed by atoms with Crippen molar-refractivity contribution in [3.8, 4) is 0 Å². The van der Waals surface area contributed by atoms with Crippen LogP contribution in [0.1, 0.15) is 24.6 Å². The number of hydrogen-bond acceptors (Lipinski definition) is 3. The predicted molar refractivity (Wildman–Crippen MR) is 50.5 cm³/mol. The minimum Gasteiger partial charge on any atom is -0.306 e. The maximum Gasteiger partial charge on any atom is 0.0722 e. The number of aryl methyl sites for hydroxylation is 1. The lowest BCUT2D eigenvalue weighted by Gasteiger charge is -2.29. The van der Waals surface area contributed by atoms with Crippen molar-refractivity contribution in [2.45, 2.75) is 25.8 Å². The molecule has 0 bridgehead atoms. The number of aromatic nitrogens is 3. The first-order chi connectivity index (χ1) is 6.27. The highest BCUT2D eigenvalue weighted by atomic mass is 15.4. The van der Waals surface area contributed by atoms with Gasteiger partial charge in [-0.2, -0.15) is 0 Å². The molecule has 0 amide bonds. The third kappa shape index (κ3) is 1.72. The molecule has 13 heavy (non-hydrogen) atoms. The van der Waals surface area contributed by atoms with Crippen LogP contribution in [-0.4, -0.2) is 40.0 Å². The molecule has 4 nitrogen and oxygen atoms in total. The highest BCUT2D eigenvalue weighted by Crippen LogP contribution is 2.21. The fraction of sp³-hybridized carbons (Fsp3) is 0.778. The van der Waals surface area contributed by atoms with E-state index in [-0.39, 0.29) is 0 Å². The van der Waals surface area contributed by atoms with E-state index < -0.39 is 0 Å². The zero-order valence-corrected chi connectivity index (χ0v) is 8.27. The number of piperidine rings is 1. The van der Waals surface area contributed by atoms with Crippen molar-refractivity contribution in [3.05, 3.63) is 11.9 Å². The number of rotatable bonds is 1. The number of likely N-dealkylation sites (tertiary alicyclic amines) is 1. The third-order valence-electron chi connectivity index (χ3n) is 2.79. The first kappa shape index (κ1) is 8.69. The zero-order valence-electron chi connectivity index (χ0n) is 8.27. The summed E-state index contributed by atoms with van der Waals surface area (Å²) in [7, 11) is 2.17. The van der Waals surface area contributed by atoms with Gasteiger partial charge in [0.1, 0.15) is 0 Å². The minimum absolute atomic E-state index is 0.568. The van der Waals surface area contributed by atoms with Gasteiger partial charge in [0.15, 0.2) is 0 Å². The van der Waals surface area contributed by atoms with Crippen molar-refractivity contribution in [2.75, 3.05) is 20.1 Å². The van der Waals surface area contributed by atoms with E-state index in [4.69, 9.17) is 0 Å². The van der Waals surface area contributed by atoms with Gasteiger partial charge in [-0.3, -0.25) is 0 Å². The van der Waals surface area contributed by atoms with Gasteiger partial charge in [0.05, 0.1) is 17.9 Å². The van der Waals surface area contributed by atoms with Crippen molar-refractivity contribution in [1.29, 1.82) is 0 Å². The van der Waals surface area contributed by atoms with Crippen molar-refractivity contribution in [1.82, 2.24) is 19.9 Å². The van der Waals surface area contributed by atoms with Crippen LogP contribution in [0.3, 0.4) is 0 Å². The Balaban J connectivity index is 2.06. The van der Waals surface area contributed by atoms with Gasteiger partial charge in [0.25, 0.3) is 0 Å². The van der Waals surface area contributed by atoms with Crippen LogP contribution in [-0.2, 0) is 0 Å². The summed E-state index contributed by atoms with van der Waals surface area (Å²) in [5, 5.41) is 8.03. The Labute approximate surface area is 78.5 Å². The van der Waals surface area contributed by atoms with Gasteiger partial charge in [-0.05, 0) is 39.9 Å². The average Bonchev–Trinajstić information content (AvgIpc) is 2.53. The standard InChI is InChI=1S/C9H16N4/c1-8-7-10-11-13(8)9-3-5-12(2)6-4-9/h7,9H,3-6H2,1-2H3. The largest absolute Gasteiger partial charge is 0.306 e. The van der Waals surface area contributed by atoms with E-state index >= 15 is 0 Å². The lowest BCUT2D eigenvalue weighted by atomic mass is 10.1. The van der Waals surface area contributed by atoms with E-state index in [2.05, 4.69) is 33.9 Å². The summed E-state index contributed by atoms with van der Waals surface area (Å²) in [4.78, 5) is 2.36. The lowest BCUT2D eigenvalue weighted by molar-refractivity contribution is 0.209. The Bertz CT molecular complexity index is 273. The second-order valence-corrected chi connectivity index (χ2v) is 3.85. The van der Waals surface area contributed by atoms with E-state index in [1.165, 1.54) is 31.6 Å². The van der Waals surface area contributed by atoms with Gasteiger partial charge < -0.3 is 4.90 Å². The maximum absolute atomic E-state index is 4.11. The molecule has 0 spiro atoms. The molecule has 0 radical (unpaired) electrons. The van der Waals surface area contributed by atoms with Crippen LogP contribution in [0.2, 0.25) is 0 Å². The molecule has 1 fully saturated rings. The SMILES string of the molecule is Cc1cnnn1C1CCN(C)CC1. The van der Waals surface area contributed by atoms with E-state index in [0.29, 0.717) is 6.04 Å². The van der Waals surface area contributed by atoms with Crippen LogP contribution in [0.5, 0.6) is 0 Å². The molecular weight excluding hydrogens is 164 g/mol. The van der Waals surface area contributed by atoms with Crippen LogP contribution in [0.4, 0.5) is 0 Å². The summed E-state index contributed by atoms with van der Waals surface area (Å²) >= 11 is 0. The molecule has 0 unspecified atom stereocenters. The van der Waals surface area contributed by atoms with Crippen molar-refractivity contribution in [3.63, 3.8) is 0 Å². The second kappa shape index (κ2) is 3.46. The van der Waals surface area contributed by atoms with Crippen LogP contribution in [0, 0.1) is 6.92 Å². The molecule has 0 aliphatic carbocycles. The smallest absolute Gasteiger partial charge is 0.0722 e. The Kier molecular flexibility index (Phi) is 2.31. The molecule has 2 heterocycles. The van der Waals surface area contributed by atoms with Crippen LogP contribution in [0.25, 0.3) is 0 Å². The summed E-state index contributed by atoms with van der Waals surface area (Å²) in [5.41, 5.74) is 1.18. The molecule has 1 aromatic heterocycles. The minimum atomic E-state index is 0.568. The van der Waals surface area contributed by atoms with Gasteiger partial charge in [-0.25, -0.2) is 4.68 Å². The van der Waals surface area contributed by atoms with Crippen molar-refractivity contribution < 1.29 is 0 Å². The number of nitrogens with zero attached hydrogens (tertiary/aromatic N) is 4. The van der Waals surface area contributed by atoms with Crippen LogP contribution in [0.15, 0.2) is 6.20 Å².